The fraction of sp³-hybridized carbons (Fsp3) is 0.619. The highest BCUT2D eigenvalue weighted by atomic mass is 32.2. The molecular weight excluding hydrogens is 410 g/mol. The number of sulfonamides is 1. The van der Waals surface area contributed by atoms with Crippen molar-refractivity contribution in [2.45, 2.75) is 63.2 Å². The van der Waals surface area contributed by atoms with Crippen molar-refractivity contribution in [3.05, 3.63) is 28.8 Å². The van der Waals surface area contributed by atoms with Crippen LogP contribution in [0.5, 0.6) is 5.75 Å². The molecule has 1 saturated heterocycles. The molecule has 3 rings (SSSR count). The summed E-state index contributed by atoms with van der Waals surface area (Å²) in [6, 6.07) is 3.17. The molecule has 2 heterocycles. The van der Waals surface area contributed by atoms with Gasteiger partial charge in [-0.15, -0.1) is 0 Å². The van der Waals surface area contributed by atoms with Crippen LogP contribution in [0.25, 0.3) is 0 Å². The van der Waals surface area contributed by atoms with Crippen LogP contribution < -0.4 is 4.74 Å². The number of hydrogen-bond acceptors (Lipinski definition) is 7. The van der Waals surface area contributed by atoms with Gasteiger partial charge in [0.05, 0.1) is 24.0 Å². The van der Waals surface area contributed by atoms with Crippen molar-refractivity contribution < 1.29 is 32.6 Å². The fourth-order valence-corrected chi connectivity index (χ4v) is 6.16. The molecule has 0 bridgehead atoms. The van der Waals surface area contributed by atoms with E-state index in [9.17, 15) is 23.1 Å². The van der Waals surface area contributed by atoms with Gasteiger partial charge in [-0.25, -0.2) is 12.7 Å². The van der Waals surface area contributed by atoms with E-state index in [1.54, 1.807) is 46.8 Å². The summed E-state index contributed by atoms with van der Waals surface area (Å²) < 4.78 is 37.4. The Balaban J connectivity index is 2.18. The Labute approximate surface area is 177 Å². The largest absolute Gasteiger partial charge is 0.468 e. The molecule has 0 amide bonds. The topological polar surface area (TPSA) is 110 Å². The minimum atomic E-state index is -3.65. The summed E-state index contributed by atoms with van der Waals surface area (Å²) in [6.07, 6.45) is -1.02. The number of hydrogen-bond donors (Lipinski definition) is 1. The molecule has 2 atom stereocenters. The zero-order valence-corrected chi connectivity index (χ0v) is 19.0. The van der Waals surface area contributed by atoms with Gasteiger partial charge in [0.1, 0.15) is 11.0 Å². The lowest BCUT2D eigenvalue weighted by Crippen LogP contribution is -2.33. The van der Waals surface area contributed by atoms with Gasteiger partial charge in [-0.3, -0.25) is 9.59 Å². The van der Waals surface area contributed by atoms with E-state index >= 15 is 0 Å². The third-order valence-corrected chi connectivity index (χ3v) is 8.73. The zero-order chi connectivity index (χ0) is 22.6. The van der Waals surface area contributed by atoms with E-state index in [0.717, 1.165) is 0 Å². The summed E-state index contributed by atoms with van der Waals surface area (Å²) in [5, 5.41) is 10.1. The number of methoxy groups -OCH3 is 1. The summed E-state index contributed by atoms with van der Waals surface area (Å²) in [6.45, 7) is 9.09. The minimum absolute atomic E-state index is 0.265. The summed E-state index contributed by atoms with van der Waals surface area (Å²) in [7, 11) is -2.39. The van der Waals surface area contributed by atoms with Crippen LogP contribution >= 0.6 is 0 Å². The molecule has 1 fully saturated rings. The molecule has 1 N–H and O–H groups in total. The first kappa shape index (κ1) is 22.7. The predicted molar refractivity (Wildman–Crippen MR) is 110 cm³/mol. The summed E-state index contributed by atoms with van der Waals surface area (Å²) in [5.74, 6) is -0.750. The molecule has 0 spiro atoms. The third kappa shape index (κ3) is 3.23. The number of esters is 2. The standard InChI is InChI=1S/C21H29NO7S/c1-7-22-9-8-15(30(22,26)27)16(23)12-10-13(20(2,3)18(24)28-6)17-14(11-12)21(4,5)19(25)29-17/h10-11,15-16,23H,7-9H2,1-6H3/t15-,16+/m0/s1. The smallest absolute Gasteiger partial charge is 0.321 e. The highest BCUT2D eigenvalue weighted by molar-refractivity contribution is 7.90. The van der Waals surface area contributed by atoms with E-state index in [1.807, 2.05) is 0 Å². The van der Waals surface area contributed by atoms with Gasteiger partial charge in [-0.1, -0.05) is 6.92 Å². The second-order valence-electron chi connectivity index (χ2n) is 8.88. The number of rotatable bonds is 5. The number of carbonyl (C=O) groups excluding carboxylic acids is 2. The summed E-state index contributed by atoms with van der Waals surface area (Å²) >= 11 is 0. The Hall–Kier alpha value is -1.97. The van der Waals surface area contributed by atoms with E-state index in [-0.39, 0.29) is 5.75 Å². The van der Waals surface area contributed by atoms with Gasteiger partial charge >= 0.3 is 11.9 Å². The minimum Gasteiger partial charge on any atom is -0.468 e. The van der Waals surface area contributed by atoms with Crippen molar-refractivity contribution in [2.75, 3.05) is 20.2 Å². The van der Waals surface area contributed by atoms with Crippen LogP contribution in [0.4, 0.5) is 0 Å². The number of nitrogens with zero attached hydrogens (tertiary/aromatic N) is 1. The van der Waals surface area contributed by atoms with Crippen molar-refractivity contribution in [3.8, 4) is 5.75 Å². The van der Waals surface area contributed by atoms with E-state index in [2.05, 4.69) is 0 Å². The number of fused-ring (bicyclic) bond motifs is 1. The molecule has 0 saturated carbocycles. The monoisotopic (exact) mass is 439 g/mol. The molecule has 0 aliphatic carbocycles. The van der Waals surface area contributed by atoms with E-state index in [4.69, 9.17) is 9.47 Å². The van der Waals surface area contributed by atoms with Crippen LogP contribution in [0.15, 0.2) is 12.1 Å². The van der Waals surface area contributed by atoms with Gasteiger partial charge in [-0.05, 0) is 51.8 Å². The normalized spacial score (nSPS) is 23.7. The van der Waals surface area contributed by atoms with E-state index in [1.165, 1.54) is 11.4 Å². The van der Waals surface area contributed by atoms with Gasteiger partial charge in [0.15, 0.2) is 0 Å². The number of aliphatic hydroxyl groups excluding tert-OH is 1. The Kier molecular flexibility index (Phi) is 5.54. The molecule has 9 heteroatoms. The number of benzene rings is 1. The highest BCUT2D eigenvalue weighted by Crippen LogP contribution is 2.48. The molecule has 166 valence electrons. The van der Waals surface area contributed by atoms with Crippen molar-refractivity contribution in [1.82, 2.24) is 4.31 Å². The molecule has 8 nitrogen and oxygen atoms in total. The Morgan fingerprint density at radius 2 is 2.03 bits per heavy atom. The molecule has 0 radical (unpaired) electrons. The summed E-state index contributed by atoms with van der Waals surface area (Å²) in [5.41, 5.74) is -0.963. The van der Waals surface area contributed by atoms with Crippen LogP contribution in [0.3, 0.4) is 0 Å². The molecule has 30 heavy (non-hydrogen) atoms. The van der Waals surface area contributed by atoms with Crippen LogP contribution in [-0.4, -0.2) is 55.2 Å². The lowest BCUT2D eigenvalue weighted by molar-refractivity contribution is -0.146. The molecule has 2 aliphatic heterocycles. The molecule has 2 aliphatic rings. The lowest BCUT2D eigenvalue weighted by atomic mass is 9.77. The molecule has 1 aromatic carbocycles. The highest BCUT2D eigenvalue weighted by Gasteiger charge is 2.48. The van der Waals surface area contributed by atoms with Gasteiger partial charge in [0, 0.05) is 24.2 Å². The average molecular weight is 440 g/mol. The van der Waals surface area contributed by atoms with Crippen molar-refractivity contribution >= 4 is 22.0 Å². The quantitative estimate of drug-likeness (QED) is 0.550. The predicted octanol–water partition coefficient (Wildman–Crippen LogP) is 1.79. The molecular formula is C21H29NO7S. The van der Waals surface area contributed by atoms with Crippen LogP contribution in [0.2, 0.25) is 0 Å². The molecule has 0 unspecified atom stereocenters. The van der Waals surface area contributed by atoms with E-state index < -0.39 is 44.1 Å². The van der Waals surface area contributed by atoms with Crippen LogP contribution in [0.1, 0.15) is 63.8 Å². The van der Waals surface area contributed by atoms with Crippen molar-refractivity contribution in [3.63, 3.8) is 0 Å². The second-order valence-corrected chi connectivity index (χ2v) is 11.0. The Bertz CT molecular complexity index is 997. The second kappa shape index (κ2) is 7.32. The Morgan fingerprint density at radius 1 is 1.40 bits per heavy atom. The molecule has 1 aromatic rings. The third-order valence-electron chi connectivity index (χ3n) is 6.31. The van der Waals surface area contributed by atoms with Crippen molar-refractivity contribution in [1.29, 1.82) is 0 Å². The fourth-order valence-electron chi connectivity index (χ4n) is 4.17. The lowest BCUT2D eigenvalue weighted by Gasteiger charge is -2.27. The average Bonchev–Trinajstić information content (AvgIpc) is 3.11. The first-order chi connectivity index (χ1) is 13.8. The first-order valence-electron chi connectivity index (χ1n) is 9.96. The van der Waals surface area contributed by atoms with Gasteiger partial charge in [0.2, 0.25) is 10.0 Å². The van der Waals surface area contributed by atoms with Gasteiger partial charge < -0.3 is 14.6 Å². The van der Waals surface area contributed by atoms with Gasteiger partial charge in [0.25, 0.3) is 0 Å². The maximum atomic E-state index is 12.8. The molecule has 0 aromatic heterocycles. The summed E-state index contributed by atoms with van der Waals surface area (Å²) in [4.78, 5) is 25.0. The maximum absolute atomic E-state index is 12.8. The maximum Gasteiger partial charge on any atom is 0.321 e. The van der Waals surface area contributed by atoms with Gasteiger partial charge in [-0.2, -0.15) is 0 Å². The Morgan fingerprint density at radius 3 is 2.57 bits per heavy atom. The first-order valence-corrected chi connectivity index (χ1v) is 11.5. The number of aliphatic hydroxyl groups is 1. The zero-order valence-electron chi connectivity index (χ0n) is 18.2. The van der Waals surface area contributed by atoms with Crippen molar-refractivity contribution in [2.24, 2.45) is 0 Å². The SMILES string of the molecule is CCN1CC[C@@H]([C@H](O)c2cc(C(C)(C)C(=O)OC)c3c(c2)C(C)(C)C(=O)O3)S1(=O)=O. The number of ether oxygens (including phenoxy) is 2. The number of carbonyl (C=O) groups is 2. The van der Waals surface area contributed by atoms with E-state index in [0.29, 0.717) is 36.2 Å². The van der Waals surface area contributed by atoms with Crippen LogP contribution in [-0.2, 0) is 35.2 Å². The van der Waals surface area contributed by atoms with Crippen LogP contribution in [0, 0.1) is 0 Å².